The summed E-state index contributed by atoms with van der Waals surface area (Å²) in [4.78, 5) is 0. The van der Waals surface area contributed by atoms with Crippen molar-refractivity contribution in [3.05, 3.63) is 35.4 Å². The van der Waals surface area contributed by atoms with Gasteiger partial charge in [0.1, 0.15) is 0 Å². The molecule has 0 unspecified atom stereocenters. The topological polar surface area (TPSA) is 26.0 Å². The van der Waals surface area contributed by atoms with Crippen LogP contribution in [0.25, 0.3) is 0 Å². The van der Waals surface area contributed by atoms with Crippen molar-refractivity contribution in [2.24, 2.45) is 5.73 Å². The first-order valence-corrected chi connectivity index (χ1v) is 5.19. The second-order valence-electron chi connectivity index (χ2n) is 3.87. The minimum Gasteiger partial charge on any atom is -0.330 e. The molecule has 70 valence electrons. The van der Waals surface area contributed by atoms with Gasteiger partial charge in [0.2, 0.25) is 0 Å². The van der Waals surface area contributed by atoms with Gasteiger partial charge in [-0.15, -0.1) is 0 Å². The van der Waals surface area contributed by atoms with E-state index in [0.29, 0.717) is 0 Å². The standard InChI is InChI=1S/C12H17N/c13-9-8-11-4-1-2-7-12(11)10-5-3-6-10/h1-2,4,7,10H,3,5-6,8-9,13H2. The van der Waals surface area contributed by atoms with Gasteiger partial charge in [0.05, 0.1) is 0 Å². The van der Waals surface area contributed by atoms with Crippen LogP contribution in [-0.2, 0) is 6.42 Å². The summed E-state index contributed by atoms with van der Waals surface area (Å²) in [6.45, 7) is 0.768. The molecule has 1 aromatic carbocycles. The lowest BCUT2D eigenvalue weighted by molar-refractivity contribution is 0.417. The van der Waals surface area contributed by atoms with Crippen molar-refractivity contribution in [3.63, 3.8) is 0 Å². The highest BCUT2D eigenvalue weighted by atomic mass is 14.5. The molecule has 1 heteroatoms. The van der Waals surface area contributed by atoms with Gasteiger partial charge < -0.3 is 5.73 Å². The third-order valence-electron chi connectivity index (χ3n) is 3.01. The minimum atomic E-state index is 0.768. The maximum Gasteiger partial charge on any atom is -0.00366 e. The highest BCUT2D eigenvalue weighted by Gasteiger charge is 2.21. The van der Waals surface area contributed by atoms with Crippen LogP contribution in [0.4, 0.5) is 0 Å². The van der Waals surface area contributed by atoms with E-state index in [1.165, 1.54) is 24.8 Å². The molecule has 1 nitrogen and oxygen atoms in total. The van der Waals surface area contributed by atoms with Gasteiger partial charge >= 0.3 is 0 Å². The Balaban J connectivity index is 2.20. The monoisotopic (exact) mass is 175 g/mol. The van der Waals surface area contributed by atoms with E-state index in [4.69, 9.17) is 5.73 Å². The number of rotatable bonds is 3. The maximum absolute atomic E-state index is 5.59. The lowest BCUT2D eigenvalue weighted by Gasteiger charge is -2.27. The van der Waals surface area contributed by atoms with Crippen LogP contribution < -0.4 is 5.73 Å². The van der Waals surface area contributed by atoms with E-state index in [1.807, 2.05) is 0 Å². The van der Waals surface area contributed by atoms with E-state index in [2.05, 4.69) is 24.3 Å². The highest BCUT2D eigenvalue weighted by Crippen LogP contribution is 2.37. The largest absolute Gasteiger partial charge is 0.330 e. The molecule has 0 spiro atoms. The fraction of sp³-hybridized carbons (Fsp3) is 0.500. The second-order valence-corrected chi connectivity index (χ2v) is 3.87. The Morgan fingerprint density at radius 3 is 2.62 bits per heavy atom. The van der Waals surface area contributed by atoms with Crippen LogP contribution in [0, 0.1) is 0 Å². The first kappa shape index (κ1) is 8.76. The summed E-state index contributed by atoms with van der Waals surface area (Å²) in [5.74, 6) is 0.836. The highest BCUT2D eigenvalue weighted by molar-refractivity contribution is 5.31. The van der Waals surface area contributed by atoms with E-state index in [9.17, 15) is 0 Å². The van der Waals surface area contributed by atoms with Crippen LogP contribution in [0.5, 0.6) is 0 Å². The summed E-state index contributed by atoms with van der Waals surface area (Å²) >= 11 is 0. The molecular weight excluding hydrogens is 158 g/mol. The molecule has 0 amide bonds. The van der Waals surface area contributed by atoms with Crippen molar-refractivity contribution >= 4 is 0 Å². The van der Waals surface area contributed by atoms with E-state index < -0.39 is 0 Å². The van der Waals surface area contributed by atoms with Crippen molar-refractivity contribution in [2.75, 3.05) is 6.54 Å². The van der Waals surface area contributed by atoms with Crippen LogP contribution >= 0.6 is 0 Å². The lowest BCUT2D eigenvalue weighted by Crippen LogP contribution is -2.13. The molecule has 2 N–H and O–H groups in total. The molecule has 0 radical (unpaired) electrons. The number of hydrogen-bond acceptors (Lipinski definition) is 1. The van der Waals surface area contributed by atoms with Gasteiger partial charge in [-0.2, -0.15) is 0 Å². The molecule has 1 aliphatic carbocycles. The fourth-order valence-corrected chi connectivity index (χ4v) is 2.03. The molecule has 1 aromatic rings. The average molecular weight is 175 g/mol. The first-order chi connectivity index (χ1) is 6.42. The minimum absolute atomic E-state index is 0.768. The molecule has 1 fully saturated rings. The lowest BCUT2D eigenvalue weighted by atomic mass is 9.78. The zero-order chi connectivity index (χ0) is 9.10. The molecule has 1 aliphatic rings. The fourth-order valence-electron chi connectivity index (χ4n) is 2.03. The number of hydrogen-bond donors (Lipinski definition) is 1. The van der Waals surface area contributed by atoms with E-state index in [0.717, 1.165) is 18.9 Å². The predicted octanol–water partition coefficient (Wildman–Crippen LogP) is 2.46. The molecule has 13 heavy (non-hydrogen) atoms. The van der Waals surface area contributed by atoms with Crippen molar-refractivity contribution in [1.29, 1.82) is 0 Å². The molecule has 0 aliphatic heterocycles. The zero-order valence-corrected chi connectivity index (χ0v) is 8.00. The van der Waals surface area contributed by atoms with Crippen molar-refractivity contribution in [3.8, 4) is 0 Å². The Hall–Kier alpha value is -0.820. The maximum atomic E-state index is 5.59. The third-order valence-corrected chi connectivity index (χ3v) is 3.01. The summed E-state index contributed by atoms with van der Waals surface area (Å²) in [6.07, 6.45) is 5.19. The summed E-state index contributed by atoms with van der Waals surface area (Å²) in [5, 5.41) is 0. The van der Waals surface area contributed by atoms with E-state index in [-0.39, 0.29) is 0 Å². The van der Waals surface area contributed by atoms with Gasteiger partial charge in [0.25, 0.3) is 0 Å². The van der Waals surface area contributed by atoms with Crippen LogP contribution in [0.15, 0.2) is 24.3 Å². The van der Waals surface area contributed by atoms with Gasteiger partial charge in [-0.25, -0.2) is 0 Å². The molecule has 0 aromatic heterocycles. The number of benzene rings is 1. The normalized spacial score (nSPS) is 17.0. The summed E-state index contributed by atoms with van der Waals surface area (Å²) in [6, 6.07) is 8.76. The SMILES string of the molecule is NCCc1ccccc1C1CCC1. The summed E-state index contributed by atoms with van der Waals surface area (Å²) in [5.41, 5.74) is 8.61. The smallest absolute Gasteiger partial charge is 0.00366 e. The van der Waals surface area contributed by atoms with E-state index in [1.54, 1.807) is 5.56 Å². The van der Waals surface area contributed by atoms with Crippen molar-refractivity contribution in [2.45, 2.75) is 31.6 Å². The quantitative estimate of drug-likeness (QED) is 0.750. The Bertz CT molecular complexity index is 276. The van der Waals surface area contributed by atoms with E-state index >= 15 is 0 Å². The predicted molar refractivity (Wildman–Crippen MR) is 55.8 cm³/mol. The third kappa shape index (κ3) is 1.75. The van der Waals surface area contributed by atoms with Crippen LogP contribution in [-0.4, -0.2) is 6.54 Å². The molecule has 0 atom stereocenters. The molecular formula is C12H17N. The molecule has 2 rings (SSSR count). The molecule has 0 bridgehead atoms. The number of nitrogens with two attached hydrogens (primary N) is 1. The molecule has 1 saturated carbocycles. The van der Waals surface area contributed by atoms with Gasteiger partial charge in [-0.05, 0) is 42.9 Å². The van der Waals surface area contributed by atoms with Gasteiger partial charge in [-0.3, -0.25) is 0 Å². The summed E-state index contributed by atoms with van der Waals surface area (Å²) in [7, 11) is 0. The van der Waals surface area contributed by atoms with Crippen LogP contribution in [0.2, 0.25) is 0 Å². The Morgan fingerprint density at radius 1 is 1.23 bits per heavy atom. The van der Waals surface area contributed by atoms with Gasteiger partial charge in [0, 0.05) is 0 Å². The van der Waals surface area contributed by atoms with Crippen molar-refractivity contribution < 1.29 is 0 Å². The van der Waals surface area contributed by atoms with Gasteiger partial charge in [-0.1, -0.05) is 30.7 Å². The Kier molecular flexibility index (Phi) is 2.65. The zero-order valence-electron chi connectivity index (χ0n) is 8.00. The first-order valence-electron chi connectivity index (χ1n) is 5.19. The molecule has 0 saturated heterocycles. The Morgan fingerprint density at radius 2 is 2.00 bits per heavy atom. The van der Waals surface area contributed by atoms with Crippen molar-refractivity contribution in [1.82, 2.24) is 0 Å². The van der Waals surface area contributed by atoms with Crippen LogP contribution in [0.3, 0.4) is 0 Å². The molecule has 0 heterocycles. The van der Waals surface area contributed by atoms with Crippen LogP contribution in [0.1, 0.15) is 36.3 Å². The van der Waals surface area contributed by atoms with Gasteiger partial charge in [0.15, 0.2) is 0 Å². The Labute approximate surface area is 80.0 Å². The second kappa shape index (κ2) is 3.93. The summed E-state index contributed by atoms with van der Waals surface area (Å²) < 4.78 is 0. The average Bonchev–Trinajstić information content (AvgIpc) is 2.05.